The van der Waals surface area contributed by atoms with Crippen LogP contribution in [0, 0.1) is 0 Å². The predicted molar refractivity (Wildman–Crippen MR) is 121 cm³/mol. The van der Waals surface area contributed by atoms with Crippen molar-refractivity contribution in [1.82, 2.24) is 10.9 Å². The minimum Gasteiger partial charge on any atom is -0.290 e. The lowest BCUT2D eigenvalue weighted by Crippen LogP contribution is -2.53. The van der Waals surface area contributed by atoms with Gasteiger partial charge < -0.3 is 0 Å². The number of benzene rings is 4. The number of carbonyl (C=O) groups excluding carboxylic acids is 1. The van der Waals surface area contributed by atoms with Crippen molar-refractivity contribution in [2.24, 2.45) is 0 Å². The third kappa shape index (κ3) is 4.17. The van der Waals surface area contributed by atoms with Crippen LogP contribution in [0.5, 0.6) is 0 Å². The third-order valence-electron chi connectivity index (χ3n) is 5.22. The molecule has 2 N–H and O–H groups in total. The Balaban J connectivity index is 1.74. The monoisotopic (exact) mass is 392 g/mol. The van der Waals surface area contributed by atoms with Crippen LogP contribution in [0.1, 0.15) is 22.3 Å². The second kappa shape index (κ2) is 9.21. The van der Waals surface area contributed by atoms with Gasteiger partial charge in [-0.1, -0.05) is 121 Å². The van der Waals surface area contributed by atoms with E-state index in [1.807, 2.05) is 84.9 Å². The fraction of sp³-hybridized carbons (Fsp3) is 0.0741. The van der Waals surface area contributed by atoms with Gasteiger partial charge in [-0.3, -0.25) is 10.2 Å². The first-order valence-corrected chi connectivity index (χ1v) is 10.1. The highest BCUT2D eigenvalue weighted by atomic mass is 16.2. The molecule has 0 heterocycles. The van der Waals surface area contributed by atoms with Gasteiger partial charge in [0.1, 0.15) is 5.54 Å². The zero-order valence-corrected chi connectivity index (χ0v) is 16.7. The molecule has 30 heavy (non-hydrogen) atoms. The number of hydrogen-bond donors (Lipinski definition) is 2. The van der Waals surface area contributed by atoms with Crippen LogP contribution in [0.25, 0.3) is 0 Å². The lowest BCUT2D eigenvalue weighted by Gasteiger charge is -2.37. The molecule has 4 rings (SSSR count). The van der Waals surface area contributed by atoms with Gasteiger partial charge in [-0.15, -0.1) is 0 Å². The minimum absolute atomic E-state index is 0.0895. The molecule has 4 aromatic carbocycles. The molecule has 3 nitrogen and oxygen atoms in total. The molecule has 3 heteroatoms. The number of amides is 1. The molecule has 0 aliphatic carbocycles. The smallest absolute Gasteiger partial charge is 0.238 e. The molecular weight excluding hydrogens is 368 g/mol. The summed E-state index contributed by atoms with van der Waals surface area (Å²) in [6, 6.07) is 40.3. The molecule has 0 radical (unpaired) electrons. The van der Waals surface area contributed by atoms with Crippen molar-refractivity contribution in [2.75, 3.05) is 0 Å². The highest BCUT2D eigenvalue weighted by molar-refractivity contribution is 5.78. The van der Waals surface area contributed by atoms with E-state index in [1.165, 1.54) is 0 Å². The summed E-state index contributed by atoms with van der Waals surface area (Å²) in [5.74, 6) is -0.0895. The van der Waals surface area contributed by atoms with Crippen molar-refractivity contribution in [3.05, 3.63) is 144 Å². The first kappa shape index (κ1) is 19.6. The maximum Gasteiger partial charge on any atom is 0.238 e. The molecule has 0 bridgehead atoms. The Hall–Kier alpha value is -3.69. The van der Waals surface area contributed by atoms with Crippen LogP contribution in [-0.2, 0) is 16.8 Å². The van der Waals surface area contributed by atoms with E-state index in [4.69, 9.17) is 0 Å². The van der Waals surface area contributed by atoms with Crippen LogP contribution in [0.2, 0.25) is 0 Å². The van der Waals surface area contributed by atoms with E-state index >= 15 is 0 Å². The van der Waals surface area contributed by atoms with Gasteiger partial charge in [0.2, 0.25) is 5.91 Å². The number of hydrogen-bond acceptors (Lipinski definition) is 2. The molecule has 4 aromatic rings. The van der Waals surface area contributed by atoms with Crippen molar-refractivity contribution in [3.8, 4) is 0 Å². The second-order valence-corrected chi connectivity index (χ2v) is 7.18. The largest absolute Gasteiger partial charge is 0.290 e. The van der Waals surface area contributed by atoms with Crippen molar-refractivity contribution < 1.29 is 4.79 Å². The lowest BCUT2D eigenvalue weighted by atomic mass is 9.77. The van der Waals surface area contributed by atoms with Crippen molar-refractivity contribution in [1.29, 1.82) is 0 Å². The van der Waals surface area contributed by atoms with Gasteiger partial charge in [0.25, 0.3) is 0 Å². The predicted octanol–water partition coefficient (Wildman–Crippen LogP) is 4.84. The molecule has 0 spiro atoms. The van der Waals surface area contributed by atoms with Gasteiger partial charge in [-0.25, -0.2) is 5.43 Å². The Morgan fingerprint density at radius 2 is 0.933 bits per heavy atom. The molecule has 0 atom stereocenters. The fourth-order valence-corrected chi connectivity index (χ4v) is 3.77. The van der Waals surface area contributed by atoms with Crippen molar-refractivity contribution in [2.45, 2.75) is 12.0 Å². The Kier molecular flexibility index (Phi) is 6.02. The van der Waals surface area contributed by atoms with E-state index in [1.54, 1.807) is 0 Å². The van der Waals surface area contributed by atoms with Gasteiger partial charge in [-0.2, -0.15) is 0 Å². The number of nitrogens with one attached hydrogen (secondary N) is 2. The summed E-state index contributed by atoms with van der Waals surface area (Å²) in [4.78, 5) is 12.8. The first-order valence-electron chi connectivity index (χ1n) is 10.1. The second-order valence-electron chi connectivity index (χ2n) is 7.18. The highest BCUT2D eigenvalue weighted by Crippen LogP contribution is 2.36. The molecule has 0 fully saturated rings. The first-order chi connectivity index (χ1) is 14.8. The SMILES string of the molecule is O=C(Cc1ccccc1)NNC(c1ccccc1)(c1ccccc1)c1ccccc1. The van der Waals surface area contributed by atoms with Gasteiger partial charge in [0.05, 0.1) is 6.42 Å². The van der Waals surface area contributed by atoms with Crippen LogP contribution < -0.4 is 10.9 Å². The van der Waals surface area contributed by atoms with E-state index in [-0.39, 0.29) is 5.91 Å². The van der Waals surface area contributed by atoms with Crippen LogP contribution in [-0.4, -0.2) is 5.91 Å². The minimum atomic E-state index is -0.726. The summed E-state index contributed by atoms with van der Waals surface area (Å²) >= 11 is 0. The maximum absolute atomic E-state index is 12.8. The van der Waals surface area contributed by atoms with Crippen LogP contribution >= 0.6 is 0 Å². The summed E-state index contributed by atoms with van der Waals surface area (Å²) in [5, 5.41) is 0. The van der Waals surface area contributed by atoms with Crippen molar-refractivity contribution in [3.63, 3.8) is 0 Å². The van der Waals surface area contributed by atoms with Gasteiger partial charge in [0, 0.05) is 0 Å². The van der Waals surface area contributed by atoms with Gasteiger partial charge in [-0.05, 0) is 22.3 Å². The average Bonchev–Trinajstić information content (AvgIpc) is 2.82. The average molecular weight is 393 g/mol. The zero-order valence-electron chi connectivity index (χ0n) is 16.7. The van der Waals surface area contributed by atoms with E-state index < -0.39 is 5.54 Å². The quantitative estimate of drug-likeness (QED) is 0.349. The summed E-state index contributed by atoms with van der Waals surface area (Å²) in [5.41, 5.74) is 9.76. The zero-order chi connectivity index (χ0) is 20.7. The lowest BCUT2D eigenvalue weighted by molar-refractivity contribution is -0.121. The molecule has 0 aliphatic heterocycles. The number of carbonyl (C=O) groups is 1. The molecule has 0 saturated carbocycles. The topological polar surface area (TPSA) is 41.1 Å². The molecule has 0 saturated heterocycles. The Labute approximate surface area is 177 Å². The van der Waals surface area contributed by atoms with Gasteiger partial charge in [0.15, 0.2) is 0 Å². The number of rotatable bonds is 7. The summed E-state index contributed by atoms with van der Waals surface area (Å²) < 4.78 is 0. The molecule has 1 amide bonds. The molecule has 0 unspecified atom stereocenters. The molecular formula is C27H24N2O. The maximum atomic E-state index is 12.8. The van der Waals surface area contributed by atoms with E-state index in [0.29, 0.717) is 6.42 Å². The van der Waals surface area contributed by atoms with Crippen molar-refractivity contribution >= 4 is 5.91 Å². The van der Waals surface area contributed by atoms with E-state index in [9.17, 15) is 4.79 Å². The van der Waals surface area contributed by atoms with Crippen LogP contribution in [0.15, 0.2) is 121 Å². The van der Waals surface area contributed by atoms with E-state index in [0.717, 1.165) is 22.3 Å². The molecule has 148 valence electrons. The van der Waals surface area contributed by atoms with Gasteiger partial charge >= 0.3 is 0 Å². The summed E-state index contributed by atoms with van der Waals surface area (Å²) in [7, 11) is 0. The number of hydrazine groups is 1. The standard InChI is InChI=1S/C27H24N2O/c30-26(21-22-13-5-1-6-14-22)28-29-27(23-15-7-2-8-16-23,24-17-9-3-10-18-24)25-19-11-4-12-20-25/h1-20,29H,21H2,(H,28,30). The van der Waals surface area contributed by atoms with E-state index in [2.05, 4.69) is 47.2 Å². The Bertz CT molecular complexity index is 968. The van der Waals surface area contributed by atoms with Crippen LogP contribution in [0.3, 0.4) is 0 Å². The van der Waals surface area contributed by atoms with Crippen LogP contribution in [0.4, 0.5) is 0 Å². The molecule has 0 aromatic heterocycles. The summed E-state index contributed by atoms with van der Waals surface area (Å²) in [6.07, 6.45) is 0.308. The fourth-order valence-electron chi connectivity index (χ4n) is 3.77. The Morgan fingerprint density at radius 3 is 1.33 bits per heavy atom. The summed E-state index contributed by atoms with van der Waals surface area (Å²) in [6.45, 7) is 0. The highest BCUT2D eigenvalue weighted by Gasteiger charge is 2.36. The normalized spacial score (nSPS) is 11.1. The third-order valence-corrected chi connectivity index (χ3v) is 5.22. The molecule has 0 aliphatic rings. The Morgan fingerprint density at radius 1 is 0.567 bits per heavy atom.